The lowest BCUT2D eigenvalue weighted by Gasteiger charge is -2.21. The molecule has 3 N–H and O–H groups in total. The largest absolute Gasteiger partial charge is 0.392 e. The van der Waals surface area contributed by atoms with Gasteiger partial charge in [0.2, 0.25) is 11.8 Å². The van der Waals surface area contributed by atoms with Crippen molar-refractivity contribution in [2.75, 3.05) is 6.54 Å². The van der Waals surface area contributed by atoms with Crippen molar-refractivity contribution in [2.24, 2.45) is 5.92 Å². The first-order valence-corrected chi connectivity index (χ1v) is 5.07. The Morgan fingerprint density at radius 1 is 1.27 bits per heavy atom. The maximum absolute atomic E-state index is 11.6. The summed E-state index contributed by atoms with van der Waals surface area (Å²) in [5.41, 5.74) is 0. The molecule has 0 aliphatic rings. The molecule has 0 aromatic rings. The molecule has 0 fully saturated rings. The summed E-state index contributed by atoms with van der Waals surface area (Å²) in [6.07, 6.45) is -0.584. The Morgan fingerprint density at radius 3 is 2.13 bits per heavy atom. The van der Waals surface area contributed by atoms with Crippen LogP contribution in [0, 0.1) is 5.92 Å². The molecule has 0 aromatic carbocycles. The lowest BCUT2D eigenvalue weighted by atomic mass is 10.0. The normalized spacial score (nSPS) is 14.5. The molecule has 88 valence electrons. The minimum atomic E-state index is -0.584. The summed E-state index contributed by atoms with van der Waals surface area (Å²) < 4.78 is 0. The van der Waals surface area contributed by atoms with Crippen molar-refractivity contribution in [3.05, 3.63) is 0 Å². The van der Waals surface area contributed by atoms with Crippen LogP contribution in [-0.2, 0) is 9.59 Å². The molecule has 0 spiro atoms. The summed E-state index contributed by atoms with van der Waals surface area (Å²) in [5, 5.41) is 14.1. The van der Waals surface area contributed by atoms with Gasteiger partial charge < -0.3 is 15.7 Å². The van der Waals surface area contributed by atoms with Crippen LogP contribution in [0.4, 0.5) is 0 Å². The van der Waals surface area contributed by atoms with Gasteiger partial charge in [0.15, 0.2) is 0 Å². The number of carbonyl (C=O) groups excluding carboxylic acids is 2. The Morgan fingerprint density at radius 2 is 1.80 bits per heavy atom. The van der Waals surface area contributed by atoms with Gasteiger partial charge in [-0.1, -0.05) is 13.8 Å². The SMILES string of the molecule is CC(=O)NC(C(=O)NC[C@@H](C)O)C(C)C. The minimum absolute atomic E-state index is 0.0166. The van der Waals surface area contributed by atoms with Gasteiger partial charge >= 0.3 is 0 Å². The molecular weight excluding hydrogens is 196 g/mol. The smallest absolute Gasteiger partial charge is 0.242 e. The second-order valence-electron chi connectivity index (χ2n) is 4.02. The first kappa shape index (κ1) is 13.9. The van der Waals surface area contributed by atoms with Crippen LogP contribution in [-0.4, -0.2) is 35.6 Å². The maximum atomic E-state index is 11.6. The zero-order valence-electron chi connectivity index (χ0n) is 9.70. The molecule has 5 heteroatoms. The van der Waals surface area contributed by atoms with Crippen molar-refractivity contribution in [1.29, 1.82) is 0 Å². The summed E-state index contributed by atoms with van der Waals surface area (Å²) in [6, 6.07) is -0.541. The van der Waals surface area contributed by atoms with Crippen molar-refractivity contribution >= 4 is 11.8 Å². The van der Waals surface area contributed by atoms with E-state index in [2.05, 4.69) is 10.6 Å². The van der Waals surface area contributed by atoms with E-state index in [4.69, 9.17) is 5.11 Å². The van der Waals surface area contributed by atoms with E-state index in [0.717, 1.165) is 0 Å². The first-order valence-electron chi connectivity index (χ1n) is 5.07. The molecule has 1 unspecified atom stereocenters. The lowest BCUT2D eigenvalue weighted by molar-refractivity contribution is -0.129. The number of aliphatic hydroxyl groups excluding tert-OH is 1. The highest BCUT2D eigenvalue weighted by atomic mass is 16.3. The van der Waals surface area contributed by atoms with Crippen molar-refractivity contribution in [2.45, 2.75) is 39.8 Å². The maximum Gasteiger partial charge on any atom is 0.242 e. The van der Waals surface area contributed by atoms with Gasteiger partial charge in [0.25, 0.3) is 0 Å². The zero-order valence-corrected chi connectivity index (χ0v) is 9.70. The van der Waals surface area contributed by atoms with E-state index < -0.39 is 12.1 Å². The fourth-order valence-electron chi connectivity index (χ4n) is 1.11. The summed E-state index contributed by atoms with van der Waals surface area (Å²) in [4.78, 5) is 22.4. The fourth-order valence-corrected chi connectivity index (χ4v) is 1.11. The predicted octanol–water partition coefficient (Wildman–Crippen LogP) is -0.356. The van der Waals surface area contributed by atoms with Gasteiger partial charge in [-0.15, -0.1) is 0 Å². The van der Waals surface area contributed by atoms with Crippen LogP contribution in [0.5, 0.6) is 0 Å². The van der Waals surface area contributed by atoms with E-state index in [1.54, 1.807) is 6.92 Å². The number of hydrogen-bond acceptors (Lipinski definition) is 3. The Labute approximate surface area is 90.2 Å². The summed E-state index contributed by atoms with van der Waals surface area (Å²) in [7, 11) is 0. The van der Waals surface area contributed by atoms with Crippen LogP contribution >= 0.6 is 0 Å². The van der Waals surface area contributed by atoms with Gasteiger partial charge in [0.05, 0.1) is 6.10 Å². The number of nitrogens with one attached hydrogen (secondary N) is 2. The van der Waals surface area contributed by atoms with Crippen LogP contribution in [0.3, 0.4) is 0 Å². The van der Waals surface area contributed by atoms with Crippen molar-refractivity contribution in [1.82, 2.24) is 10.6 Å². The summed E-state index contributed by atoms with van der Waals surface area (Å²) in [6.45, 7) is 6.85. The number of amides is 2. The molecule has 0 saturated carbocycles. The van der Waals surface area contributed by atoms with E-state index in [9.17, 15) is 9.59 Å². The molecule has 0 bridgehead atoms. The molecule has 0 aromatic heterocycles. The molecule has 0 saturated heterocycles. The summed E-state index contributed by atoms with van der Waals surface area (Å²) in [5.74, 6) is -0.482. The van der Waals surface area contributed by atoms with Gasteiger partial charge in [-0.3, -0.25) is 9.59 Å². The predicted molar refractivity (Wildman–Crippen MR) is 57.1 cm³/mol. The second kappa shape index (κ2) is 6.40. The van der Waals surface area contributed by atoms with E-state index >= 15 is 0 Å². The Balaban J connectivity index is 4.23. The first-order chi connectivity index (χ1) is 6.84. The molecule has 2 amide bonds. The fraction of sp³-hybridized carbons (Fsp3) is 0.800. The number of carbonyl (C=O) groups is 2. The molecular formula is C10H20N2O3. The second-order valence-corrected chi connectivity index (χ2v) is 4.02. The minimum Gasteiger partial charge on any atom is -0.392 e. The molecule has 0 heterocycles. The van der Waals surface area contributed by atoms with Crippen molar-refractivity contribution in [3.8, 4) is 0 Å². The van der Waals surface area contributed by atoms with E-state index in [0.29, 0.717) is 0 Å². The van der Waals surface area contributed by atoms with Crippen LogP contribution in [0.1, 0.15) is 27.7 Å². The van der Waals surface area contributed by atoms with Crippen LogP contribution < -0.4 is 10.6 Å². The van der Waals surface area contributed by atoms with Crippen LogP contribution in [0.2, 0.25) is 0 Å². The van der Waals surface area contributed by atoms with Crippen molar-refractivity contribution in [3.63, 3.8) is 0 Å². The quantitative estimate of drug-likeness (QED) is 0.587. The third-order valence-corrected chi connectivity index (χ3v) is 1.88. The Hall–Kier alpha value is -1.10. The third-order valence-electron chi connectivity index (χ3n) is 1.88. The average molecular weight is 216 g/mol. The van der Waals surface area contributed by atoms with Gasteiger partial charge in [0.1, 0.15) is 6.04 Å². The van der Waals surface area contributed by atoms with E-state index in [-0.39, 0.29) is 24.3 Å². The summed E-state index contributed by atoms with van der Waals surface area (Å²) >= 11 is 0. The van der Waals surface area contributed by atoms with Crippen LogP contribution in [0.15, 0.2) is 0 Å². The highest BCUT2D eigenvalue weighted by Gasteiger charge is 2.22. The molecule has 2 atom stereocenters. The van der Waals surface area contributed by atoms with Crippen LogP contribution in [0.25, 0.3) is 0 Å². The van der Waals surface area contributed by atoms with Gasteiger partial charge in [-0.05, 0) is 12.8 Å². The highest BCUT2D eigenvalue weighted by Crippen LogP contribution is 2.01. The number of hydrogen-bond donors (Lipinski definition) is 3. The van der Waals surface area contributed by atoms with Crippen molar-refractivity contribution < 1.29 is 14.7 Å². The van der Waals surface area contributed by atoms with E-state index in [1.165, 1.54) is 6.92 Å². The van der Waals surface area contributed by atoms with Gasteiger partial charge in [-0.2, -0.15) is 0 Å². The molecule has 15 heavy (non-hydrogen) atoms. The topological polar surface area (TPSA) is 78.4 Å². The standard InChI is InChI=1S/C10H20N2O3/c1-6(2)9(12-8(4)14)10(15)11-5-7(3)13/h6-7,9,13H,5H2,1-4H3,(H,11,15)(H,12,14)/t7-,9?/m1/s1. The van der Waals surface area contributed by atoms with E-state index in [1.807, 2.05) is 13.8 Å². The molecule has 0 aliphatic carbocycles. The van der Waals surface area contributed by atoms with Gasteiger partial charge in [0, 0.05) is 13.5 Å². The number of aliphatic hydroxyl groups is 1. The highest BCUT2D eigenvalue weighted by molar-refractivity contribution is 5.87. The molecule has 0 rings (SSSR count). The number of rotatable bonds is 5. The average Bonchev–Trinajstić information content (AvgIpc) is 2.09. The third kappa shape index (κ3) is 6.06. The molecule has 0 aliphatic heterocycles. The van der Waals surface area contributed by atoms with Gasteiger partial charge in [-0.25, -0.2) is 0 Å². The molecule has 5 nitrogen and oxygen atoms in total. The Bertz CT molecular complexity index is 227. The molecule has 0 radical (unpaired) electrons. The Kier molecular flexibility index (Phi) is 5.93. The zero-order chi connectivity index (χ0) is 12.0. The lowest BCUT2D eigenvalue weighted by Crippen LogP contribution is -2.50. The monoisotopic (exact) mass is 216 g/mol.